The minimum absolute atomic E-state index is 0.000977. The van der Waals surface area contributed by atoms with Crippen LogP contribution in [0, 0.1) is 0 Å². The fourth-order valence-electron chi connectivity index (χ4n) is 5.64. The van der Waals surface area contributed by atoms with Crippen molar-refractivity contribution >= 4 is 28.1 Å². The molecule has 6 heteroatoms. The number of rotatable bonds is 4. The minimum Gasteiger partial charge on any atom is -0.268 e. The van der Waals surface area contributed by atoms with E-state index in [1.54, 1.807) is 10.8 Å². The number of para-hydroxylation sites is 1. The van der Waals surface area contributed by atoms with Gasteiger partial charge in [-0.25, -0.2) is 15.0 Å². The van der Waals surface area contributed by atoms with E-state index in [4.69, 9.17) is 4.98 Å². The molecule has 5 nitrogen and oxygen atoms in total. The summed E-state index contributed by atoms with van der Waals surface area (Å²) in [6.45, 7) is 0. The summed E-state index contributed by atoms with van der Waals surface area (Å²) in [6, 6.07) is 26.0. The normalized spacial score (nSPS) is 15.8. The zero-order chi connectivity index (χ0) is 23.8. The summed E-state index contributed by atoms with van der Waals surface area (Å²) >= 11 is 3.46. The topological polar surface area (TPSA) is 59.3 Å². The molecule has 35 heavy (non-hydrogen) atoms. The van der Waals surface area contributed by atoms with Crippen LogP contribution < -0.4 is 11.0 Å². The maximum Gasteiger partial charge on any atom is 0.263 e. The smallest absolute Gasteiger partial charge is 0.263 e. The Bertz CT molecular complexity index is 1470. The van der Waals surface area contributed by atoms with Crippen LogP contribution in [-0.4, -0.2) is 15.8 Å². The molecule has 0 atom stereocenters. The van der Waals surface area contributed by atoms with Crippen molar-refractivity contribution in [1.29, 1.82) is 0 Å². The van der Waals surface area contributed by atoms with Gasteiger partial charge >= 0.3 is 0 Å². The van der Waals surface area contributed by atoms with Crippen LogP contribution in [0.25, 0.3) is 16.9 Å². The van der Waals surface area contributed by atoms with E-state index < -0.39 is 0 Å². The molecule has 2 aliphatic carbocycles. The van der Waals surface area contributed by atoms with Crippen LogP contribution in [0.4, 0.5) is 5.95 Å². The average Bonchev–Trinajstić information content (AvgIpc) is 3.34. The van der Waals surface area contributed by atoms with E-state index >= 15 is 0 Å². The summed E-state index contributed by atoms with van der Waals surface area (Å²) in [4.78, 5) is 19.4. The lowest BCUT2D eigenvalue weighted by molar-refractivity contribution is 0.425. The van der Waals surface area contributed by atoms with E-state index in [0.29, 0.717) is 5.95 Å². The van der Waals surface area contributed by atoms with Crippen molar-refractivity contribution in [3.63, 3.8) is 0 Å². The quantitative estimate of drug-likeness (QED) is 0.245. The molecule has 4 aromatic rings. The van der Waals surface area contributed by atoms with Gasteiger partial charge in [-0.3, -0.25) is 4.79 Å². The third-order valence-electron chi connectivity index (χ3n) is 7.24. The Kier molecular flexibility index (Phi) is 5.61. The lowest BCUT2D eigenvalue weighted by atomic mass is 9.68. The Hall–Kier alpha value is -3.51. The predicted octanol–water partition coefficient (Wildman–Crippen LogP) is 6.48. The highest BCUT2D eigenvalue weighted by atomic mass is 79.9. The maximum absolute atomic E-state index is 14.3. The van der Waals surface area contributed by atoms with Crippen molar-refractivity contribution in [1.82, 2.24) is 9.55 Å². The average molecular weight is 525 g/mol. The molecule has 0 radical (unpaired) electrons. The first kappa shape index (κ1) is 22.0. The van der Waals surface area contributed by atoms with Gasteiger partial charge in [-0.05, 0) is 54.7 Å². The van der Waals surface area contributed by atoms with Crippen molar-refractivity contribution in [3.8, 4) is 16.9 Å². The highest BCUT2D eigenvalue weighted by Crippen LogP contribution is 2.50. The van der Waals surface area contributed by atoms with Gasteiger partial charge in [0, 0.05) is 15.5 Å². The lowest BCUT2D eigenvalue weighted by Crippen LogP contribution is -2.40. The molecule has 0 unspecified atom stereocenters. The number of hydrogen-bond acceptors (Lipinski definition) is 4. The van der Waals surface area contributed by atoms with Gasteiger partial charge in [0.2, 0.25) is 5.95 Å². The van der Waals surface area contributed by atoms with Crippen LogP contribution in [-0.2, 0) is 11.8 Å². The van der Waals surface area contributed by atoms with Crippen LogP contribution >= 0.6 is 15.9 Å². The summed E-state index contributed by atoms with van der Waals surface area (Å²) in [6.07, 6.45) is 6.97. The molecule has 1 saturated carbocycles. The predicted molar refractivity (Wildman–Crippen MR) is 144 cm³/mol. The first-order valence-corrected chi connectivity index (χ1v) is 12.8. The molecule has 3 aromatic carbocycles. The summed E-state index contributed by atoms with van der Waals surface area (Å²) in [5.41, 5.74) is 8.65. The van der Waals surface area contributed by atoms with Crippen LogP contribution in [0.5, 0.6) is 0 Å². The van der Waals surface area contributed by atoms with Gasteiger partial charge in [0.1, 0.15) is 0 Å². The molecule has 0 amide bonds. The molecule has 0 aliphatic heterocycles. The molecule has 1 aromatic heterocycles. The third kappa shape index (κ3) is 3.92. The van der Waals surface area contributed by atoms with Crippen molar-refractivity contribution in [2.45, 2.75) is 37.5 Å². The van der Waals surface area contributed by atoms with Crippen molar-refractivity contribution in [2.24, 2.45) is 5.10 Å². The highest BCUT2D eigenvalue weighted by Gasteiger charge is 2.44. The van der Waals surface area contributed by atoms with E-state index in [2.05, 4.69) is 44.7 Å². The van der Waals surface area contributed by atoms with E-state index in [-0.39, 0.29) is 11.0 Å². The molecule has 1 fully saturated rings. The standard InChI is InChI=1S/C29H25BrN4O/c30-22-14-12-20(13-15-22)19-31-33-28-32-26-24-11-5-4-8-21(24)18-29(16-6-7-17-29)25(26)27(35)34(28)23-9-2-1-3-10-23/h1-5,8-15,19H,6-7,16-18H2,(H,32,33). The molecule has 0 saturated heterocycles. The maximum atomic E-state index is 14.3. The Morgan fingerprint density at radius 3 is 2.43 bits per heavy atom. The number of aromatic nitrogens is 2. The molecular formula is C29H25BrN4O. The lowest BCUT2D eigenvalue weighted by Gasteiger charge is -2.36. The molecule has 1 heterocycles. The molecule has 174 valence electrons. The Morgan fingerprint density at radius 2 is 1.66 bits per heavy atom. The Balaban J connectivity index is 1.54. The van der Waals surface area contributed by atoms with Crippen molar-refractivity contribution < 1.29 is 0 Å². The van der Waals surface area contributed by atoms with Gasteiger partial charge in [-0.1, -0.05) is 83.4 Å². The second kappa shape index (κ2) is 8.93. The number of fused-ring (bicyclic) bond motifs is 4. The van der Waals surface area contributed by atoms with Crippen LogP contribution in [0.15, 0.2) is 93.2 Å². The second-order valence-electron chi connectivity index (χ2n) is 9.38. The summed E-state index contributed by atoms with van der Waals surface area (Å²) in [5, 5.41) is 4.45. The number of halogens is 1. The van der Waals surface area contributed by atoms with E-state index in [0.717, 1.165) is 64.6 Å². The summed E-state index contributed by atoms with van der Waals surface area (Å²) < 4.78 is 2.70. The number of anilines is 1. The van der Waals surface area contributed by atoms with E-state index in [9.17, 15) is 4.79 Å². The first-order chi connectivity index (χ1) is 17.1. The van der Waals surface area contributed by atoms with Crippen molar-refractivity contribution in [2.75, 3.05) is 5.43 Å². The number of nitrogens with one attached hydrogen (secondary N) is 1. The monoisotopic (exact) mass is 524 g/mol. The van der Waals surface area contributed by atoms with Gasteiger partial charge in [0.15, 0.2) is 0 Å². The van der Waals surface area contributed by atoms with Crippen molar-refractivity contribution in [3.05, 3.63) is 110 Å². The summed E-state index contributed by atoms with van der Waals surface area (Å²) in [5.74, 6) is 0.415. The summed E-state index contributed by atoms with van der Waals surface area (Å²) in [7, 11) is 0. The van der Waals surface area contributed by atoms with Gasteiger partial charge in [0.05, 0.1) is 23.2 Å². The second-order valence-corrected chi connectivity index (χ2v) is 10.3. The van der Waals surface area contributed by atoms with Crippen LogP contribution in [0.2, 0.25) is 0 Å². The number of hydrazone groups is 1. The minimum atomic E-state index is -0.149. The number of hydrogen-bond donors (Lipinski definition) is 1. The van der Waals surface area contributed by atoms with E-state index in [1.807, 2.05) is 60.7 Å². The zero-order valence-corrected chi connectivity index (χ0v) is 20.8. The third-order valence-corrected chi connectivity index (χ3v) is 7.77. The van der Waals surface area contributed by atoms with Gasteiger partial charge in [0.25, 0.3) is 5.56 Å². The highest BCUT2D eigenvalue weighted by molar-refractivity contribution is 9.10. The Morgan fingerprint density at radius 1 is 0.943 bits per heavy atom. The molecular weight excluding hydrogens is 500 g/mol. The van der Waals surface area contributed by atoms with Crippen LogP contribution in [0.3, 0.4) is 0 Å². The fraction of sp³-hybridized carbons (Fsp3) is 0.207. The number of benzene rings is 3. The van der Waals surface area contributed by atoms with E-state index in [1.165, 1.54) is 5.56 Å². The number of nitrogens with zero attached hydrogens (tertiary/aromatic N) is 3. The molecule has 2 aliphatic rings. The fourth-order valence-corrected chi connectivity index (χ4v) is 5.90. The molecule has 1 N–H and O–H groups in total. The molecule has 0 bridgehead atoms. The molecule has 6 rings (SSSR count). The largest absolute Gasteiger partial charge is 0.268 e. The van der Waals surface area contributed by atoms with Gasteiger partial charge < -0.3 is 0 Å². The zero-order valence-electron chi connectivity index (χ0n) is 19.2. The van der Waals surface area contributed by atoms with Crippen LogP contribution in [0.1, 0.15) is 42.4 Å². The van der Waals surface area contributed by atoms with Gasteiger partial charge in [-0.2, -0.15) is 5.10 Å². The van der Waals surface area contributed by atoms with Gasteiger partial charge in [-0.15, -0.1) is 0 Å². The SMILES string of the molecule is O=c1c2c(nc(NN=Cc3ccc(Br)cc3)n1-c1ccccc1)-c1ccccc1CC21CCCC1. The first-order valence-electron chi connectivity index (χ1n) is 12.0. The molecule has 1 spiro atoms. The Labute approximate surface area is 212 Å².